The summed E-state index contributed by atoms with van der Waals surface area (Å²) in [6.07, 6.45) is 0.759. The van der Waals surface area contributed by atoms with Crippen molar-refractivity contribution in [1.82, 2.24) is 15.5 Å². The third-order valence-electron chi connectivity index (χ3n) is 2.84. The summed E-state index contributed by atoms with van der Waals surface area (Å²) in [7, 11) is 0. The van der Waals surface area contributed by atoms with E-state index >= 15 is 0 Å². The van der Waals surface area contributed by atoms with Gasteiger partial charge in [0.15, 0.2) is 6.61 Å². The lowest BCUT2D eigenvalue weighted by Gasteiger charge is -2.03. The van der Waals surface area contributed by atoms with E-state index in [1.54, 1.807) is 0 Å². The van der Waals surface area contributed by atoms with Crippen molar-refractivity contribution in [3.05, 3.63) is 35.7 Å². The maximum Gasteiger partial charge on any atom is 0.318 e. The van der Waals surface area contributed by atoms with Gasteiger partial charge < -0.3 is 14.9 Å². The van der Waals surface area contributed by atoms with Crippen LogP contribution in [0.25, 0.3) is 0 Å². The molecule has 0 spiro atoms. The molecule has 1 heterocycles. The van der Waals surface area contributed by atoms with Gasteiger partial charge in [-0.1, -0.05) is 23.9 Å². The van der Waals surface area contributed by atoms with Crippen molar-refractivity contribution >= 4 is 23.7 Å². The Kier molecular flexibility index (Phi) is 6.62. The molecule has 1 aromatic heterocycles. The van der Waals surface area contributed by atoms with Gasteiger partial charge in [-0.05, 0) is 31.0 Å². The molecular formula is C15H18N4O4S. The highest BCUT2D eigenvalue weighted by Gasteiger charge is 2.09. The number of carbonyl (C=O) groups excluding carboxylic acids is 2. The molecular weight excluding hydrogens is 332 g/mol. The second kappa shape index (κ2) is 8.92. The van der Waals surface area contributed by atoms with Crippen LogP contribution in [0.3, 0.4) is 0 Å². The number of ether oxygens (including phenoxy) is 1. The molecule has 3 amide bonds. The number of aryl methyl sites for hydroxylation is 1. The van der Waals surface area contributed by atoms with E-state index in [0.29, 0.717) is 23.3 Å². The van der Waals surface area contributed by atoms with E-state index in [4.69, 9.17) is 14.9 Å². The Bertz CT molecular complexity index is 704. The van der Waals surface area contributed by atoms with Crippen LogP contribution in [0.4, 0.5) is 4.79 Å². The minimum absolute atomic E-state index is 0.192. The van der Waals surface area contributed by atoms with Crippen molar-refractivity contribution in [2.45, 2.75) is 31.6 Å². The van der Waals surface area contributed by atoms with Crippen LogP contribution in [0.1, 0.15) is 24.3 Å². The summed E-state index contributed by atoms with van der Waals surface area (Å²) in [6.45, 7) is 2.18. The number of thioether (sulfide) groups is 1. The zero-order valence-corrected chi connectivity index (χ0v) is 14.0. The van der Waals surface area contributed by atoms with Gasteiger partial charge in [-0.2, -0.15) is 0 Å². The fraction of sp³-hybridized carbons (Fsp3) is 0.333. The molecule has 0 fully saturated rings. The lowest BCUT2D eigenvalue weighted by atomic mass is 10.2. The number of amides is 3. The normalized spacial score (nSPS) is 10.4. The van der Waals surface area contributed by atoms with E-state index in [1.807, 2.05) is 36.5 Å². The summed E-state index contributed by atoms with van der Waals surface area (Å²) in [5, 5.41) is 10.2. The predicted molar refractivity (Wildman–Crippen MR) is 87.5 cm³/mol. The quantitative estimate of drug-likeness (QED) is 0.552. The average Bonchev–Trinajstić information content (AvgIpc) is 2.97. The van der Waals surface area contributed by atoms with E-state index < -0.39 is 11.9 Å². The van der Waals surface area contributed by atoms with Crippen molar-refractivity contribution in [2.75, 3.05) is 5.75 Å². The molecule has 2 aromatic rings. The van der Waals surface area contributed by atoms with E-state index in [2.05, 4.69) is 10.2 Å². The van der Waals surface area contributed by atoms with Crippen molar-refractivity contribution in [2.24, 2.45) is 5.73 Å². The second-order valence-corrected chi connectivity index (χ2v) is 5.98. The van der Waals surface area contributed by atoms with E-state index in [-0.39, 0.29) is 13.0 Å². The van der Waals surface area contributed by atoms with Gasteiger partial charge in [-0.25, -0.2) is 4.79 Å². The minimum Gasteiger partial charge on any atom is -0.484 e. The lowest BCUT2D eigenvalue weighted by Crippen LogP contribution is -2.34. The third-order valence-corrected chi connectivity index (χ3v) is 3.74. The molecule has 0 aliphatic rings. The fourth-order valence-electron chi connectivity index (χ4n) is 1.80. The maximum absolute atomic E-state index is 11.2. The first-order valence-electron chi connectivity index (χ1n) is 7.27. The van der Waals surface area contributed by atoms with Crippen LogP contribution in [0.5, 0.6) is 5.75 Å². The number of nitrogens with one attached hydrogen (secondary N) is 1. The summed E-state index contributed by atoms with van der Waals surface area (Å²) >= 11 is 1.33. The van der Waals surface area contributed by atoms with Gasteiger partial charge in [-0.15, -0.1) is 10.2 Å². The summed E-state index contributed by atoms with van der Waals surface area (Å²) in [6, 6.07) is 6.83. The van der Waals surface area contributed by atoms with Crippen LogP contribution in [-0.2, 0) is 11.4 Å². The van der Waals surface area contributed by atoms with Crippen LogP contribution in [0, 0.1) is 6.92 Å². The second-order valence-electron chi connectivity index (χ2n) is 4.93. The molecule has 0 saturated heterocycles. The van der Waals surface area contributed by atoms with Gasteiger partial charge in [0.25, 0.3) is 11.1 Å². The van der Waals surface area contributed by atoms with Crippen molar-refractivity contribution in [3.8, 4) is 5.75 Å². The number of nitrogens with zero attached hydrogens (tertiary/aromatic N) is 2. The van der Waals surface area contributed by atoms with Crippen molar-refractivity contribution in [3.63, 3.8) is 0 Å². The number of urea groups is 1. The number of aromatic nitrogens is 2. The monoisotopic (exact) mass is 350 g/mol. The Morgan fingerprint density at radius 2 is 2.21 bits per heavy atom. The van der Waals surface area contributed by atoms with Crippen LogP contribution in [-0.4, -0.2) is 27.9 Å². The summed E-state index contributed by atoms with van der Waals surface area (Å²) in [4.78, 5) is 21.7. The van der Waals surface area contributed by atoms with Crippen molar-refractivity contribution in [1.29, 1.82) is 0 Å². The molecule has 2 rings (SSSR count). The van der Waals surface area contributed by atoms with Crippen molar-refractivity contribution < 1.29 is 18.7 Å². The zero-order valence-electron chi connectivity index (χ0n) is 13.2. The standard InChI is InChI=1S/C15H18N4O4S/c1-10-4-2-5-11(8-10)22-9-13-18-19-15(23-13)24-7-3-6-12(20)17-14(16)21/h2,4-5,8H,3,6-7,9H2,1H3,(H3,16,17,20,21). The molecule has 128 valence electrons. The Morgan fingerprint density at radius 1 is 1.38 bits per heavy atom. The number of nitrogens with two attached hydrogens (primary N) is 1. The molecule has 1 aromatic carbocycles. The molecule has 0 aliphatic heterocycles. The number of primary amides is 1. The number of imide groups is 1. The molecule has 9 heteroatoms. The highest BCUT2D eigenvalue weighted by molar-refractivity contribution is 7.99. The number of hydrogen-bond acceptors (Lipinski definition) is 7. The topological polar surface area (TPSA) is 120 Å². The molecule has 0 bridgehead atoms. The Morgan fingerprint density at radius 3 is 2.96 bits per heavy atom. The summed E-state index contributed by atoms with van der Waals surface area (Å²) in [5.74, 6) is 1.32. The van der Waals surface area contributed by atoms with Gasteiger partial charge in [0.1, 0.15) is 5.75 Å². The molecule has 0 radical (unpaired) electrons. The SMILES string of the molecule is Cc1cccc(OCc2nnc(SCCCC(=O)NC(N)=O)o2)c1. The highest BCUT2D eigenvalue weighted by atomic mass is 32.2. The van der Waals surface area contributed by atoms with Crippen LogP contribution < -0.4 is 15.8 Å². The van der Waals surface area contributed by atoms with Gasteiger partial charge in [0, 0.05) is 12.2 Å². The first-order chi connectivity index (χ1) is 11.5. The number of rotatable bonds is 8. The predicted octanol–water partition coefficient (Wildman–Crippen LogP) is 2.02. The summed E-state index contributed by atoms with van der Waals surface area (Å²) in [5.41, 5.74) is 5.96. The number of benzene rings is 1. The van der Waals surface area contributed by atoms with E-state index in [9.17, 15) is 9.59 Å². The summed E-state index contributed by atoms with van der Waals surface area (Å²) < 4.78 is 11.0. The number of hydrogen-bond donors (Lipinski definition) is 2. The largest absolute Gasteiger partial charge is 0.484 e. The number of carbonyl (C=O) groups is 2. The van der Waals surface area contributed by atoms with Gasteiger partial charge in [0.2, 0.25) is 5.91 Å². The molecule has 0 saturated carbocycles. The minimum atomic E-state index is -0.845. The zero-order chi connectivity index (χ0) is 17.4. The molecule has 0 aliphatic carbocycles. The molecule has 3 N–H and O–H groups in total. The third kappa shape index (κ3) is 6.29. The van der Waals surface area contributed by atoms with Gasteiger partial charge in [0.05, 0.1) is 0 Å². The maximum atomic E-state index is 11.2. The van der Waals surface area contributed by atoms with E-state index in [0.717, 1.165) is 11.3 Å². The fourth-order valence-corrected chi connectivity index (χ4v) is 2.51. The molecule has 0 unspecified atom stereocenters. The van der Waals surface area contributed by atoms with Gasteiger partial charge >= 0.3 is 6.03 Å². The first-order valence-corrected chi connectivity index (χ1v) is 8.25. The van der Waals surface area contributed by atoms with Crippen LogP contribution in [0.15, 0.2) is 33.9 Å². The lowest BCUT2D eigenvalue weighted by molar-refractivity contribution is -0.119. The smallest absolute Gasteiger partial charge is 0.318 e. The Labute approximate surface area is 143 Å². The Hall–Kier alpha value is -2.55. The molecule has 8 nitrogen and oxygen atoms in total. The van der Waals surface area contributed by atoms with E-state index in [1.165, 1.54) is 11.8 Å². The molecule has 0 atom stereocenters. The van der Waals surface area contributed by atoms with Gasteiger partial charge in [-0.3, -0.25) is 10.1 Å². The molecule has 24 heavy (non-hydrogen) atoms. The average molecular weight is 350 g/mol. The highest BCUT2D eigenvalue weighted by Crippen LogP contribution is 2.19. The van der Waals surface area contributed by atoms with Crippen LogP contribution >= 0.6 is 11.8 Å². The first kappa shape index (κ1) is 17.8. The van der Waals surface area contributed by atoms with Crippen LogP contribution in [0.2, 0.25) is 0 Å². The Balaban J connectivity index is 1.69.